The van der Waals surface area contributed by atoms with Gasteiger partial charge in [0.2, 0.25) is 5.91 Å². The number of aliphatic hydroxyl groups excluding tert-OH is 2. The lowest BCUT2D eigenvalue weighted by Gasteiger charge is -2.54. The lowest BCUT2D eigenvalue weighted by atomic mass is 9.69. The Morgan fingerprint density at radius 1 is 1.03 bits per heavy atom. The summed E-state index contributed by atoms with van der Waals surface area (Å²) in [7, 11) is 0. The maximum absolute atomic E-state index is 13.0. The van der Waals surface area contributed by atoms with E-state index in [2.05, 4.69) is 34.1 Å². The number of aliphatic hydroxyl groups is 2. The number of fused-ring (bicyclic) bond motifs is 2. The summed E-state index contributed by atoms with van der Waals surface area (Å²) in [6.45, 7) is 4.89. The largest absolute Gasteiger partial charge is 0.483 e. The van der Waals surface area contributed by atoms with Crippen LogP contribution in [0.25, 0.3) is 0 Å². The number of carboxylic acid groups (broad SMARTS) is 2. The average molecular weight is 466 g/mol. The first-order valence-corrected chi connectivity index (χ1v) is 11.2. The standard InChI is InChI=1S/C21H31N3O3.2CH2O2/c25-11-10-23-8-3-6-21(16-26)7-9-24(14-19(21)23)20(27)15-22-12-17-4-1-2-5-18(17)13-22;2*2-1-3/h1-2,4-5,19,25-26H,3,6-16H2;2*1H,(H,2,3)/t19-,21-;;/m1../s1. The number of carbonyl (C=O) groups is 3. The van der Waals surface area contributed by atoms with Gasteiger partial charge in [0.05, 0.1) is 19.8 Å². The Kier molecular flexibility index (Phi) is 10.7. The predicted octanol–water partition coefficient (Wildman–Crippen LogP) is 0.0715. The van der Waals surface area contributed by atoms with Gasteiger partial charge in [-0.25, -0.2) is 0 Å². The van der Waals surface area contributed by atoms with E-state index in [0.29, 0.717) is 19.6 Å². The minimum atomic E-state index is -0.250. The van der Waals surface area contributed by atoms with Crippen molar-refractivity contribution in [2.75, 3.05) is 45.9 Å². The Hall–Kier alpha value is -2.53. The van der Waals surface area contributed by atoms with Gasteiger partial charge >= 0.3 is 0 Å². The van der Waals surface area contributed by atoms with Crippen molar-refractivity contribution in [3.8, 4) is 0 Å². The van der Waals surface area contributed by atoms with E-state index in [1.54, 1.807) is 0 Å². The molecular formula is C23H35N3O7. The van der Waals surface area contributed by atoms with Crippen molar-refractivity contribution in [1.82, 2.24) is 14.7 Å². The first-order valence-electron chi connectivity index (χ1n) is 11.2. The van der Waals surface area contributed by atoms with E-state index in [9.17, 15) is 15.0 Å². The predicted molar refractivity (Wildman–Crippen MR) is 120 cm³/mol. The molecule has 2 atom stereocenters. The first kappa shape index (κ1) is 26.7. The molecule has 3 heterocycles. The second-order valence-corrected chi connectivity index (χ2v) is 8.61. The van der Waals surface area contributed by atoms with Gasteiger partial charge < -0.3 is 25.3 Å². The maximum Gasteiger partial charge on any atom is 0.290 e. The Morgan fingerprint density at radius 2 is 1.64 bits per heavy atom. The molecule has 0 aliphatic carbocycles. The number of hydrogen-bond acceptors (Lipinski definition) is 7. The summed E-state index contributed by atoms with van der Waals surface area (Å²) in [5, 5.41) is 33.3. The fourth-order valence-electron chi connectivity index (χ4n) is 5.30. The number of rotatable bonds is 5. The summed E-state index contributed by atoms with van der Waals surface area (Å²) in [5.74, 6) is 0.184. The normalized spacial score (nSPS) is 24.3. The SMILES string of the molecule is O=C(CN1Cc2ccccc2C1)N1CC[C@@]2(CO)CCCN(CCO)[C@@H]2C1.O=CO.O=CO. The smallest absolute Gasteiger partial charge is 0.290 e. The second kappa shape index (κ2) is 13.2. The highest BCUT2D eigenvalue weighted by Gasteiger charge is 2.48. The molecule has 1 amide bonds. The molecule has 3 aliphatic rings. The summed E-state index contributed by atoms with van der Waals surface area (Å²) in [6, 6.07) is 8.55. The lowest BCUT2D eigenvalue weighted by Crippen LogP contribution is -2.64. The fraction of sp³-hybridized carbons (Fsp3) is 0.609. The fourth-order valence-corrected chi connectivity index (χ4v) is 5.30. The Balaban J connectivity index is 0.000000582. The van der Waals surface area contributed by atoms with Crippen molar-refractivity contribution >= 4 is 18.9 Å². The van der Waals surface area contributed by atoms with Crippen molar-refractivity contribution in [3.63, 3.8) is 0 Å². The van der Waals surface area contributed by atoms with Crippen molar-refractivity contribution < 1.29 is 34.8 Å². The van der Waals surface area contributed by atoms with Crippen LogP contribution in [-0.2, 0) is 27.5 Å². The minimum absolute atomic E-state index is 0.117. The third-order valence-electron chi connectivity index (χ3n) is 6.86. The van der Waals surface area contributed by atoms with Gasteiger partial charge in [0.15, 0.2) is 0 Å². The van der Waals surface area contributed by atoms with E-state index in [-0.39, 0.29) is 43.5 Å². The molecule has 0 unspecified atom stereocenters. The van der Waals surface area contributed by atoms with Crippen LogP contribution in [0.2, 0.25) is 0 Å². The summed E-state index contributed by atoms with van der Waals surface area (Å²) in [4.78, 5) is 36.2. The molecular weight excluding hydrogens is 430 g/mol. The number of likely N-dealkylation sites (tertiary alicyclic amines) is 2. The average Bonchev–Trinajstić information content (AvgIpc) is 3.22. The number of benzene rings is 1. The topological polar surface area (TPSA) is 142 Å². The molecule has 0 aromatic heterocycles. The molecule has 184 valence electrons. The van der Waals surface area contributed by atoms with Crippen LogP contribution in [0.15, 0.2) is 24.3 Å². The second-order valence-electron chi connectivity index (χ2n) is 8.61. The van der Waals surface area contributed by atoms with Crippen LogP contribution in [0.4, 0.5) is 0 Å². The quantitative estimate of drug-likeness (QED) is 0.445. The van der Waals surface area contributed by atoms with Gasteiger partial charge in [0, 0.05) is 44.2 Å². The molecule has 3 aliphatic heterocycles. The number of piperidine rings is 2. The van der Waals surface area contributed by atoms with Crippen LogP contribution in [0.5, 0.6) is 0 Å². The van der Waals surface area contributed by atoms with E-state index in [1.807, 2.05) is 4.90 Å². The van der Waals surface area contributed by atoms with Crippen molar-refractivity contribution in [2.24, 2.45) is 5.41 Å². The third-order valence-corrected chi connectivity index (χ3v) is 6.86. The summed E-state index contributed by atoms with van der Waals surface area (Å²) < 4.78 is 0. The molecule has 2 saturated heterocycles. The van der Waals surface area contributed by atoms with Crippen LogP contribution in [0.1, 0.15) is 30.4 Å². The molecule has 1 aromatic rings. The molecule has 4 N–H and O–H groups in total. The van der Waals surface area contributed by atoms with Crippen molar-refractivity contribution in [2.45, 2.75) is 38.4 Å². The van der Waals surface area contributed by atoms with Gasteiger partial charge in [-0.3, -0.25) is 24.2 Å². The number of nitrogens with zero attached hydrogens (tertiary/aromatic N) is 3. The number of hydrogen-bond donors (Lipinski definition) is 4. The molecule has 0 saturated carbocycles. The van der Waals surface area contributed by atoms with Gasteiger partial charge in [-0.05, 0) is 36.9 Å². The first-order chi connectivity index (χ1) is 16.0. The molecule has 10 heteroatoms. The molecule has 33 heavy (non-hydrogen) atoms. The zero-order valence-electron chi connectivity index (χ0n) is 18.9. The van der Waals surface area contributed by atoms with E-state index >= 15 is 0 Å². The monoisotopic (exact) mass is 465 g/mol. The van der Waals surface area contributed by atoms with Crippen LogP contribution in [0.3, 0.4) is 0 Å². The zero-order valence-corrected chi connectivity index (χ0v) is 18.9. The molecule has 4 rings (SSSR count). The van der Waals surface area contributed by atoms with Crippen LogP contribution in [-0.4, -0.2) is 106 Å². The Morgan fingerprint density at radius 3 is 2.18 bits per heavy atom. The van der Waals surface area contributed by atoms with Gasteiger partial charge in [-0.1, -0.05) is 24.3 Å². The molecule has 1 aromatic carbocycles. The van der Waals surface area contributed by atoms with Gasteiger partial charge in [0.25, 0.3) is 12.9 Å². The molecule has 2 fully saturated rings. The van der Waals surface area contributed by atoms with Gasteiger partial charge in [-0.15, -0.1) is 0 Å². The van der Waals surface area contributed by atoms with E-state index < -0.39 is 0 Å². The van der Waals surface area contributed by atoms with Crippen molar-refractivity contribution in [1.29, 1.82) is 0 Å². The van der Waals surface area contributed by atoms with Gasteiger partial charge in [0.1, 0.15) is 0 Å². The summed E-state index contributed by atoms with van der Waals surface area (Å²) >= 11 is 0. The highest BCUT2D eigenvalue weighted by molar-refractivity contribution is 5.78. The minimum Gasteiger partial charge on any atom is -0.483 e. The van der Waals surface area contributed by atoms with E-state index in [4.69, 9.17) is 19.8 Å². The van der Waals surface area contributed by atoms with Crippen LogP contribution in [0, 0.1) is 5.41 Å². The number of β-amino-alcohol motifs (C(OH)–C–C–N with tert-alkyl or cyclic N) is 1. The molecule has 0 radical (unpaired) electrons. The maximum atomic E-state index is 13.0. The molecule has 0 bridgehead atoms. The molecule has 10 nitrogen and oxygen atoms in total. The van der Waals surface area contributed by atoms with Crippen molar-refractivity contribution in [3.05, 3.63) is 35.4 Å². The summed E-state index contributed by atoms with van der Waals surface area (Å²) in [5.41, 5.74) is 2.53. The summed E-state index contributed by atoms with van der Waals surface area (Å²) in [6.07, 6.45) is 2.92. The highest BCUT2D eigenvalue weighted by atomic mass is 16.3. The Bertz CT molecular complexity index is 745. The number of amides is 1. The van der Waals surface area contributed by atoms with E-state index in [0.717, 1.165) is 45.4 Å². The van der Waals surface area contributed by atoms with Crippen LogP contribution >= 0.6 is 0 Å². The Labute approximate surface area is 194 Å². The zero-order chi connectivity index (χ0) is 24.3. The third kappa shape index (κ3) is 6.73. The van der Waals surface area contributed by atoms with Gasteiger partial charge in [-0.2, -0.15) is 0 Å². The number of carbonyl (C=O) groups excluding carboxylic acids is 1. The van der Waals surface area contributed by atoms with Crippen LogP contribution < -0.4 is 0 Å². The highest BCUT2D eigenvalue weighted by Crippen LogP contribution is 2.42. The van der Waals surface area contributed by atoms with E-state index in [1.165, 1.54) is 11.1 Å². The molecule has 0 spiro atoms. The lowest BCUT2D eigenvalue weighted by molar-refractivity contribution is -0.142.